The van der Waals surface area contributed by atoms with Gasteiger partial charge in [-0.3, -0.25) is 0 Å². The van der Waals surface area contributed by atoms with Gasteiger partial charge >= 0.3 is 0 Å². The topological polar surface area (TPSA) is 21.3 Å². The van der Waals surface area contributed by atoms with E-state index in [0.29, 0.717) is 6.04 Å². The number of ether oxygens (including phenoxy) is 1. The van der Waals surface area contributed by atoms with Crippen LogP contribution in [0, 0.1) is 0 Å². The van der Waals surface area contributed by atoms with Crippen molar-refractivity contribution in [1.82, 2.24) is 5.32 Å². The Bertz CT molecular complexity index is 122. The molecule has 2 nitrogen and oxygen atoms in total. The van der Waals surface area contributed by atoms with Gasteiger partial charge in [-0.05, 0) is 32.1 Å². The molecule has 0 spiro atoms. The maximum Gasteiger partial charge on any atom is 0.0481 e. The van der Waals surface area contributed by atoms with Crippen LogP contribution in [0.5, 0.6) is 0 Å². The summed E-state index contributed by atoms with van der Waals surface area (Å²) >= 11 is 1.91. The fourth-order valence-electron chi connectivity index (χ4n) is 1.37. The molecule has 0 saturated heterocycles. The molecule has 0 aliphatic carbocycles. The van der Waals surface area contributed by atoms with E-state index in [-0.39, 0.29) is 0 Å². The van der Waals surface area contributed by atoms with Gasteiger partial charge in [0.15, 0.2) is 0 Å². The third kappa shape index (κ3) is 10.6. The number of hydrogen-bond donors (Lipinski definition) is 1. The monoisotopic (exact) mass is 233 g/mol. The molecule has 0 fully saturated rings. The largest absolute Gasteiger partial charge is 0.381 e. The average molecular weight is 233 g/mol. The van der Waals surface area contributed by atoms with Crippen LogP contribution in [0.2, 0.25) is 0 Å². The molecule has 1 atom stereocenters. The molecule has 0 aromatic heterocycles. The third-order valence-corrected chi connectivity index (χ3v) is 3.04. The van der Waals surface area contributed by atoms with Crippen LogP contribution in [0.3, 0.4) is 0 Å². The normalized spacial score (nSPS) is 13.0. The summed E-state index contributed by atoms with van der Waals surface area (Å²) in [5.41, 5.74) is 0. The molecular formula is C12H27NOS. The maximum atomic E-state index is 5.58. The Labute approximate surface area is 99.5 Å². The van der Waals surface area contributed by atoms with Crippen LogP contribution in [0.4, 0.5) is 0 Å². The molecule has 0 bridgehead atoms. The Morgan fingerprint density at radius 3 is 2.60 bits per heavy atom. The Balaban J connectivity index is 3.38. The van der Waals surface area contributed by atoms with Gasteiger partial charge in [-0.2, -0.15) is 11.8 Å². The molecule has 0 aliphatic heterocycles. The average Bonchev–Trinajstić information content (AvgIpc) is 2.25. The van der Waals surface area contributed by atoms with Gasteiger partial charge in [-0.1, -0.05) is 20.3 Å². The fraction of sp³-hybridized carbons (Fsp3) is 1.00. The van der Waals surface area contributed by atoms with Gasteiger partial charge < -0.3 is 10.1 Å². The van der Waals surface area contributed by atoms with Gasteiger partial charge in [0, 0.05) is 25.0 Å². The van der Waals surface area contributed by atoms with Crippen molar-refractivity contribution in [2.75, 3.05) is 31.8 Å². The summed E-state index contributed by atoms with van der Waals surface area (Å²) in [6.07, 6.45) is 6.93. The van der Waals surface area contributed by atoms with E-state index in [1.807, 2.05) is 11.8 Å². The van der Waals surface area contributed by atoms with Crippen molar-refractivity contribution in [3.63, 3.8) is 0 Å². The minimum absolute atomic E-state index is 0.626. The number of hydrogen-bond acceptors (Lipinski definition) is 3. The Morgan fingerprint density at radius 1 is 1.20 bits per heavy atom. The van der Waals surface area contributed by atoms with Crippen molar-refractivity contribution in [3.05, 3.63) is 0 Å². The first kappa shape index (κ1) is 15.3. The highest BCUT2D eigenvalue weighted by Crippen LogP contribution is 2.02. The molecule has 1 unspecified atom stereocenters. The molecule has 0 rings (SSSR count). The van der Waals surface area contributed by atoms with E-state index in [9.17, 15) is 0 Å². The first-order valence-electron chi connectivity index (χ1n) is 6.15. The number of thioether (sulfide) groups is 1. The van der Waals surface area contributed by atoms with Crippen molar-refractivity contribution in [2.24, 2.45) is 0 Å². The molecule has 1 N–H and O–H groups in total. The maximum absolute atomic E-state index is 5.58. The molecule has 0 heterocycles. The highest BCUT2D eigenvalue weighted by molar-refractivity contribution is 7.98. The van der Waals surface area contributed by atoms with Gasteiger partial charge in [-0.25, -0.2) is 0 Å². The van der Waals surface area contributed by atoms with Crippen LogP contribution in [0.25, 0.3) is 0 Å². The highest BCUT2D eigenvalue weighted by atomic mass is 32.2. The van der Waals surface area contributed by atoms with Crippen LogP contribution in [-0.2, 0) is 4.74 Å². The van der Waals surface area contributed by atoms with E-state index >= 15 is 0 Å². The van der Waals surface area contributed by atoms with E-state index in [1.165, 1.54) is 25.0 Å². The number of nitrogens with one attached hydrogen (secondary N) is 1. The van der Waals surface area contributed by atoms with Gasteiger partial charge in [0.05, 0.1) is 0 Å². The lowest BCUT2D eigenvalue weighted by molar-refractivity contribution is 0.123. The summed E-state index contributed by atoms with van der Waals surface area (Å²) in [7, 11) is 0. The summed E-state index contributed by atoms with van der Waals surface area (Å²) < 4.78 is 5.58. The van der Waals surface area contributed by atoms with E-state index < -0.39 is 0 Å². The molecule has 0 radical (unpaired) electrons. The zero-order valence-electron chi connectivity index (χ0n) is 10.6. The summed E-state index contributed by atoms with van der Waals surface area (Å²) in [5, 5.41) is 3.56. The molecule has 0 aromatic carbocycles. The van der Waals surface area contributed by atoms with Crippen LogP contribution in [0.15, 0.2) is 0 Å². The fourth-order valence-corrected chi connectivity index (χ4v) is 2.05. The van der Waals surface area contributed by atoms with E-state index in [0.717, 1.165) is 26.2 Å². The standard InChI is InChI=1S/C12H27NOS/c1-4-6-9-14-10-7-12(11-15-3)13-8-5-2/h12-13H,4-11H2,1-3H3. The van der Waals surface area contributed by atoms with E-state index in [2.05, 4.69) is 25.4 Å². The first-order valence-corrected chi connectivity index (χ1v) is 7.54. The Hall–Kier alpha value is 0.270. The molecular weight excluding hydrogens is 206 g/mol. The lowest BCUT2D eigenvalue weighted by atomic mass is 10.2. The van der Waals surface area contributed by atoms with Gasteiger partial charge in [0.1, 0.15) is 0 Å². The zero-order chi connectivity index (χ0) is 11.4. The van der Waals surface area contributed by atoms with Crippen molar-refractivity contribution in [3.8, 4) is 0 Å². The molecule has 0 aliphatic rings. The van der Waals surface area contributed by atoms with Crippen LogP contribution < -0.4 is 5.32 Å². The summed E-state index contributed by atoms with van der Waals surface area (Å²) in [4.78, 5) is 0. The minimum Gasteiger partial charge on any atom is -0.381 e. The van der Waals surface area contributed by atoms with Crippen LogP contribution >= 0.6 is 11.8 Å². The number of unbranched alkanes of at least 4 members (excludes halogenated alkanes) is 1. The molecule has 0 amide bonds. The molecule has 15 heavy (non-hydrogen) atoms. The lowest BCUT2D eigenvalue weighted by Crippen LogP contribution is -2.33. The smallest absolute Gasteiger partial charge is 0.0481 e. The second kappa shape index (κ2) is 12.3. The first-order chi connectivity index (χ1) is 7.35. The Morgan fingerprint density at radius 2 is 2.00 bits per heavy atom. The lowest BCUT2D eigenvalue weighted by Gasteiger charge is -2.17. The SMILES string of the molecule is CCCCOCCC(CSC)NCCC. The molecule has 3 heteroatoms. The number of rotatable bonds is 11. The second-order valence-electron chi connectivity index (χ2n) is 3.86. The zero-order valence-corrected chi connectivity index (χ0v) is 11.4. The quantitative estimate of drug-likeness (QED) is 0.554. The van der Waals surface area contributed by atoms with Crippen LogP contribution in [0.1, 0.15) is 39.5 Å². The minimum atomic E-state index is 0.626. The van der Waals surface area contributed by atoms with Crippen LogP contribution in [-0.4, -0.2) is 37.8 Å². The predicted molar refractivity (Wildman–Crippen MR) is 70.8 cm³/mol. The van der Waals surface area contributed by atoms with E-state index in [4.69, 9.17) is 4.74 Å². The van der Waals surface area contributed by atoms with Crippen molar-refractivity contribution in [1.29, 1.82) is 0 Å². The summed E-state index contributed by atoms with van der Waals surface area (Å²) in [6, 6.07) is 0.626. The van der Waals surface area contributed by atoms with Crippen molar-refractivity contribution in [2.45, 2.75) is 45.6 Å². The predicted octanol–water partition coefficient (Wildman–Crippen LogP) is 2.92. The van der Waals surface area contributed by atoms with E-state index in [1.54, 1.807) is 0 Å². The third-order valence-electron chi connectivity index (χ3n) is 2.30. The second-order valence-corrected chi connectivity index (χ2v) is 4.77. The van der Waals surface area contributed by atoms with Gasteiger partial charge in [0.25, 0.3) is 0 Å². The van der Waals surface area contributed by atoms with Gasteiger partial charge in [0.2, 0.25) is 0 Å². The molecule has 92 valence electrons. The summed E-state index contributed by atoms with van der Waals surface area (Å²) in [5.74, 6) is 1.19. The molecule has 0 aromatic rings. The highest BCUT2D eigenvalue weighted by Gasteiger charge is 2.05. The van der Waals surface area contributed by atoms with Gasteiger partial charge in [-0.15, -0.1) is 0 Å². The van der Waals surface area contributed by atoms with Crippen molar-refractivity contribution >= 4 is 11.8 Å². The Kier molecular flexibility index (Phi) is 12.6. The molecule has 0 saturated carbocycles. The van der Waals surface area contributed by atoms with Crippen molar-refractivity contribution < 1.29 is 4.74 Å². The summed E-state index contributed by atoms with van der Waals surface area (Å²) in [6.45, 7) is 7.36.